The summed E-state index contributed by atoms with van der Waals surface area (Å²) in [7, 11) is 0. The van der Waals surface area contributed by atoms with Crippen molar-refractivity contribution >= 4 is 40.7 Å². The Kier molecular flexibility index (Phi) is 13.8. The van der Waals surface area contributed by atoms with E-state index in [1.54, 1.807) is 122 Å². The molecular weight excluding hydrogens is 773 g/mol. The fraction of sp³-hybridized carbons (Fsp3) is 0.140. The number of benzene rings is 4. The van der Waals surface area contributed by atoms with Crippen LogP contribution in [0.4, 0.5) is 0 Å². The van der Waals surface area contributed by atoms with Crippen LogP contribution in [0.1, 0.15) is 56.6 Å². The van der Waals surface area contributed by atoms with Gasteiger partial charge in [-0.15, -0.1) is 0 Å². The summed E-state index contributed by atoms with van der Waals surface area (Å²) in [6, 6.07) is 34.9. The van der Waals surface area contributed by atoms with Gasteiger partial charge in [0, 0.05) is 12.4 Å². The quantitative estimate of drug-likeness (QED) is 0.0316. The second-order valence-electron chi connectivity index (χ2n) is 12.4. The Morgan fingerprint density at radius 3 is 1.43 bits per heavy atom. The van der Waals surface area contributed by atoms with Gasteiger partial charge in [-0.1, -0.05) is 82.4 Å². The first-order chi connectivity index (χ1) is 28.4. The van der Waals surface area contributed by atoms with Crippen LogP contribution in [0.25, 0.3) is 0 Å². The Balaban J connectivity index is 1.46. The summed E-state index contributed by atoms with van der Waals surface area (Å²) in [5.41, 5.74) is 3.67. The van der Waals surface area contributed by atoms with Crippen molar-refractivity contribution in [2.24, 2.45) is 10.3 Å². The van der Waals surface area contributed by atoms with E-state index < -0.39 is 17.6 Å². The lowest BCUT2D eigenvalue weighted by Gasteiger charge is -2.25. The third kappa shape index (κ3) is 9.83. The number of nitrogens with zero attached hydrogens (tertiary/aromatic N) is 8. The van der Waals surface area contributed by atoms with E-state index >= 15 is 4.79 Å². The molecule has 2 unspecified atom stereocenters. The van der Waals surface area contributed by atoms with E-state index in [4.69, 9.17) is 9.47 Å². The van der Waals surface area contributed by atoms with Gasteiger partial charge in [0.2, 0.25) is 0 Å². The lowest BCUT2D eigenvalue weighted by atomic mass is 9.77. The number of carbonyl (C=O) groups is 1. The highest BCUT2D eigenvalue weighted by molar-refractivity contribution is 7.98. The minimum Gasteiger partial charge on any atom is -0.489 e. The summed E-state index contributed by atoms with van der Waals surface area (Å²) in [6.07, 6.45) is 6.62. The molecule has 6 aromatic rings. The van der Waals surface area contributed by atoms with Crippen molar-refractivity contribution in [1.29, 1.82) is 10.5 Å². The normalized spacial score (nSPS) is 12.5. The van der Waals surface area contributed by atoms with Gasteiger partial charge in [-0.25, -0.2) is 19.9 Å². The molecule has 2 N–H and O–H groups in total. The topological polar surface area (TPSA) is 200 Å². The molecule has 0 amide bonds. The number of carbonyl (C=O) groups excluding carboxylic acids is 1. The van der Waals surface area contributed by atoms with Gasteiger partial charge in [0.15, 0.2) is 16.1 Å². The Morgan fingerprint density at radius 2 is 1.07 bits per heavy atom. The smallest absolute Gasteiger partial charge is 0.187 e. The van der Waals surface area contributed by atoms with Gasteiger partial charge in [-0.2, -0.15) is 10.5 Å². The number of Topliss-reactive ketones (excluding diaryl/α,β-unsaturated/α-hetero) is 1. The van der Waals surface area contributed by atoms with Gasteiger partial charge in [0.25, 0.3) is 0 Å². The van der Waals surface area contributed by atoms with E-state index in [1.807, 2.05) is 0 Å². The van der Waals surface area contributed by atoms with Gasteiger partial charge in [0.05, 0.1) is 46.5 Å². The first-order valence-electron chi connectivity index (χ1n) is 17.5. The summed E-state index contributed by atoms with van der Waals surface area (Å²) in [4.78, 5) is 33.3. The lowest BCUT2D eigenvalue weighted by Crippen LogP contribution is -2.33. The van der Waals surface area contributed by atoms with E-state index in [2.05, 4.69) is 42.4 Å². The first kappa shape index (κ1) is 40.6. The molecule has 0 spiro atoms. The molecule has 0 aliphatic carbocycles. The molecule has 58 heavy (non-hydrogen) atoms. The minimum absolute atomic E-state index is 0.0880. The maximum Gasteiger partial charge on any atom is 0.187 e. The first-order valence-corrected chi connectivity index (χ1v) is 20.0. The van der Waals surface area contributed by atoms with Crippen LogP contribution in [0.15, 0.2) is 142 Å². The molecular formula is C43H34N8O5S2. The zero-order valence-corrected chi connectivity index (χ0v) is 32.8. The van der Waals surface area contributed by atoms with Crippen molar-refractivity contribution in [2.45, 2.75) is 35.4 Å². The molecule has 6 rings (SSSR count). The van der Waals surface area contributed by atoms with Crippen molar-refractivity contribution in [2.75, 3.05) is 12.5 Å². The predicted octanol–water partition coefficient (Wildman–Crippen LogP) is 7.81. The van der Waals surface area contributed by atoms with Crippen LogP contribution in [0.2, 0.25) is 0 Å². The number of nitriles is 2. The van der Waals surface area contributed by atoms with Crippen molar-refractivity contribution in [3.05, 3.63) is 166 Å². The van der Waals surface area contributed by atoms with Gasteiger partial charge < -0.3 is 19.9 Å². The monoisotopic (exact) mass is 806 g/mol. The Bertz CT molecular complexity index is 2360. The van der Waals surface area contributed by atoms with E-state index in [0.717, 1.165) is 11.1 Å². The van der Waals surface area contributed by atoms with Crippen molar-refractivity contribution in [1.82, 2.24) is 19.9 Å². The summed E-state index contributed by atoms with van der Waals surface area (Å²) < 4.78 is 12.3. The van der Waals surface area contributed by atoms with Crippen LogP contribution in [0, 0.1) is 22.7 Å². The molecule has 13 nitrogen and oxygen atoms in total. The molecule has 288 valence electrons. The number of oxime groups is 2. The number of hydrogen-bond donors (Lipinski definition) is 2. The third-order valence-electron chi connectivity index (χ3n) is 8.85. The molecule has 0 radical (unpaired) electrons. The highest BCUT2D eigenvalue weighted by atomic mass is 32.2. The molecule has 0 bridgehead atoms. The van der Waals surface area contributed by atoms with Gasteiger partial charge in [0.1, 0.15) is 36.1 Å². The van der Waals surface area contributed by atoms with Crippen LogP contribution in [0.5, 0.6) is 11.5 Å². The van der Waals surface area contributed by atoms with Gasteiger partial charge in [-0.3, -0.25) is 4.79 Å². The van der Waals surface area contributed by atoms with E-state index in [9.17, 15) is 20.9 Å². The van der Waals surface area contributed by atoms with Crippen LogP contribution < -0.4 is 9.47 Å². The van der Waals surface area contributed by atoms with Crippen LogP contribution in [-0.2, 0) is 18.0 Å². The van der Waals surface area contributed by atoms with E-state index in [1.165, 1.54) is 35.9 Å². The molecule has 0 aliphatic heterocycles. The van der Waals surface area contributed by atoms with Crippen molar-refractivity contribution in [3.8, 4) is 23.6 Å². The van der Waals surface area contributed by atoms with Gasteiger partial charge >= 0.3 is 0 Å². The highest BCUT2D eigenvalue weighted by Gasteiger charge is 2.39. The average molecular weight is 807 g/mol. The summed E-state index contributed by atoms with van der Waals surface area (Å²) in [5, 5.41) is 48.0. The van der Waals surface area contributed by atoms with Crippen molar-refractivity contribution in [3.63, 3.8) is 0 Å². The molecule has 2 atom stereocenters. The van der Waals surface area contributed by atoms with Gasteiger partial charge in [-0.05, 0) is 95.4 Å². The molecule has 0 aliphatic rings. The number of rotatable bonds is 16. The molecule has 4 aromatic carbocycles. The fourth-order valence-corrected chi connectivity index (χ4v) is 6.72. The second-order valence-corrected chi connectivity index (χ2v) is 14.0. The zero-order chi connectivity index (χ0) is 40.9. The second kappa shape index (κ2) is 19.7. The standard InChI is InChI=1S/C43H34N8O5S2/c1-57-42-46-19-17-35(48-42)39(50-53)37(31-5-3-7-33(21-31)55-25-29-13-9-27(23-44)10-14-29)41(52)38(40(51-54)36-18-20-47-43(49-36)58-2)32-6-4-8-34(22-32)56-26-30-15-11-28(24-45)12-16-30/h3-22,37-38,53-54H,25-26H2,1-2H3. The number of hydrogen-bond acceptors (Lipinski definition) is 15. The Hall–Kier alpha value is -7.07. The highest BCUT2D eigenvalue weighted by Crippen LogP contribution is 2.35. The largest absolute Gasteiger partial charge is 0.489 e. The number of ketones is 1. The fourth-order valence-electron chi connectivity index (χ4n) is 6.01. The molecule has 2 aromatic heterocycles. The maximum absolute atomic E-state index is 15.6. The molecule has 2 heterocycles. The SMILES string of the molecule is CSc1nccc(C(=NO)C(C(=O)C(C(=NO)c2ccnc(SC)n2)c2cccc(OCc3ccc(C#N)cc3)c2)c2cccc(OCc3ccc(C#N)cc3)c2)n1. The summed E-state index contributed by atoms with van der Waals surface area (Å²) >= 11 is 2.55. The zero-order valence-electron chi connectivity index (χ0n) is 31.1. The maximum atomic E-state index is 15.6. The van der Waals surface area contributed by atoms with E-state index in [0.29, 0.717) is 44.1 Å². The lowest BCUT2D eigenvalue weighted by molar-refractivity contribution is -0.119. The number of thioether (sulfide) groups is 2. The molecule has 15 heteroatoms. The number of ether oxygens (including phenoxy) is 2. The van der Waals surface area contributed by atoms with Crippen LogP contribution in [-0.4, -0.2) is 60.1 Å². The van der Waals surface area contributed by atoms with E-state index in [-0.39, 0.29) is 36.0 Å². The third-order valence-corrected chi connectivity index (χ3v) is 9.97. The average Bonchev–Trinajstić information content (AvgIpc) is 3.28. The number of aromatic nitrogens is 4. The Labute approximate surface area is 342 Å². The molecule has 0 fully saturated rings. The van der Waals surface area contributed by atoms with Crippen molar-refractivity contribution < 1.29 is 24.7 Å². The van der Waals surface area contributed by atoms with Crippen LogP contribution >= 0.6 is 23.5 Å². The summed E-state index contributed by atoms with van der Waals surface area (Å²) in [6.45, 7) is 0.338. The predicted molar refractivity (Wildman–Crippen MR) is 219 cm³/mol. The Morgan fingerprint density at radius 1 is 0.655 bits per heavy atom. The summed E-state index contributed by atoms with van der Waals surface area (Å²) in [5.74, 6) is -2.37. The molecule has 0 saturated heterocycles. The molecule has 0 saturated carbocycles. The minimum atomic E-state index is -1.32. The van der Waals surface area contributed by atoms with Crippen LogP contribution in [0.3, 0.4) is 0 Å².